The molecular formula is C30H43N3O2. The third-order valence-corrected chi connectivity index (χ3v) is 7.28. The van der Waals surface area contributed by atoms with Crippen LogP contribution in [-0.4, -0.2) is 29.8 Å². The molecule has 5 heteroatoms. The molecule has 0 atom stereocenters. The number of anilines is 2. The quantitative estimate of drug-likeness (QED) is 0.319. The molecule has 1 aliphatic carbocycles. The molecule has 1 saturated carbocycles. The Labute approximate surface area is 211 Å². The molecule has 0 aromatic heterocycles. The van der Waals surface area contributed by atoms with Gasteiger partial charge >= 0.3 is 0 Å². The Balaban J connectivity index is 1.49. The molecule has 0 saturated heterocycles. The van der Waals surface area contributed by atoms with Crippen molar-refractivity contribution in [3.63, 3.8) is 0 Å². The summed E-state index contributed by atoms with van der Waals surface area (Å²) in [6.07, 6.45) is 10.7. The summed E-state index contributed by atoms with van der Waals surface area (Å²) >= 11 is 0. The maximum atomic E-state index is 12.8. The SMILES string of the molecule is CCN(CC)Cc1ccc(C(=O)Nc2cc(NC(=O)CCCCC3CCCCC3)ccc2C)cc1. The number of aryl methyl sites for hydroxylation is 1. The summed E-state index contributed by atoms with van der Waals surface area (Å²) in [5, 5.41) is 6.01. The first-order valence-corrected chi connectivity index (χ1v) is 13.5. The van der Waals surface area contributed by atoms with E-state index < -0.39 is 0 Å². The lowest BCUT2D eigenvalue weighted by atomic mass is 9.85. The topological polar surface area (TPSA) is 61.4 Å². The molecule has 1 aliphatic rings. The van der Waals surface area contributed by atoms with Gasteiger partial charge in [0, 0.05) is 29.9 Å². The fourth-order valence-electron chi connectivity index (χ4n) is 4.91. The number of unbranched alkanes of at least 4 members (excludes halogenated alkanes) is 1. The minimum atomic E-state index is -0.145. The van der Waals surface area contributed by atoms with Gasteiger partial charge in [-0.3, -0.25) is 14.5 Å². The molecular weight excluding hydrogens is 434 g/mol. The van der Waals surface area contributed by atoms with Crippen molar-refractivity contribution >= 4 is 23.2 Å². The molecule has 3 rings (SSSR count). The minimum absolute atomic E-state index is 0.0403. The van der Waals surface area contributed by atoms with Gasteiger partial charge in [-0.05, 0) is 67.7 Å². The van der Waals surface area contributed by atoms with Gasteiger partial charge in [-0.25, -0.2) is 0 Å². The minimum Gasteiger partial charge on any atom is -0.326 e. The summed E-state index contributed by atoms with van der Waals surface area (Å²) in [7, 11) is 0. The molecule has 1 fully saturated rings. The summed E-state index contributed by atoms with van der Waals surface area (Å²) < 4.78 is 0. The number of hydrogen-bond donors (Lipinski definition) is 2. The monoisotopic (exact) mass is 477 g/mol. The second kappa shape index (κ2) is 14.0. The number of nitrogens with zero attached hydrogens (tertiary/aromatic N) is 1. The van der Waals surface area contributed by atoms with Crippen LogP contribution in [0.15, 0.2) is 42.5 Å². The van der Waals surface area contributed by atoms with Crippen molar-refractivity contribution in [1.29, 1.82) is 0 Å². The number of hydrogen-bond acceptors (Lipinski definition) is 3. The number of benzene rings is 2. The second-order valence-electron chi connectivity index (χ2n) is 9.94. The van der Waals surface area contributed by atoms with Gasteiger partial charge in [0.1, 0.15) is 0 Å². The zero-order valence-corrected chi connectivity index (χ0v) is 21.9. The Morgan fingerprint density at radius 2 is 1.63 bits per heavy atom. The largest absolute Gasteiger partial charge is 0.326 e. The number of rotatable bonds is 12. The van der Waals surface area contributed by atoms with Crippen molar-refractivity contribution in [2.75, 3.05) is 23.7 Å². The van der Waals surface area contributed by atoms with Crippen LogP contribution in [0.1, 0.15) is 93.1 Å². The predicted molar refractivity (Wildman–Crippen MR) is 146 cm³/mol. The highest BCUT2D eigenvalue weighted by Crippen LogP contribution is 2.28. The summed E-state index contributed by atoms with van der Waals surface area (Å²) in [5.74, 6) is 0.765. The molecule has 0 heterocycles. The van der Waals surface area contributed by atoms with Crippen molar-refractivity contribution in [1.82, 2.24) is 4.90 Å². The van der Waals surface area contributed by atoms with E-state index in [2.05, 4.69) is 29.4 Å². The highest BCUT2D eigenvalue weighted by atomic mass is 16.2. The molecule has 35 heavy (non-hydrogen) atoms. The number of carbonyl (C=O) groups is 2. The third-order valence-electron chi connectivity index (χ3n) is 7.28. The van der Waals surface area contributed by atoms with Crippen LogP contribution < -0.4 is 10.6 Å². The van der Waals surface area contributed by atoms with E-state index in [9.17, 15) is 9.59 Å². The highest BCUT2D eigenvalue weighted by molar-refractivity contribution is 6.05. The van der Waals surface area contributed by atoms with Crippen LogP contribution in [0.4, 0.5) is 11.4 Å². The summed E-state index contributed by atoms with van der Waals surface area (Å²) in [6.45, 7) is 9.16. The van der Waals surface area contributed by atoms with Crippen molar-refractivity contribution < 1.29 is 9.59 Å². The Hall–Kier alpha value is -2.66. The predicted octanol–water partition coefficient (Wildman–Crippen LogP) is 7.17. The first kappa shape index (κ1) is 26.9. The molecule has 2 aromatic rings. The van der Waals surface area contributed by atoms with E-state index in [1.165, 1.54) is 44.1 Å². The van der Waals surface area contributed by atoms with E-state index in [1.807, 2.05) is 49.4 Å². The fraction of sp³-hybridized carbons (Fsp3) is 0.533. The van der Waals surface area contributed by atoms with Crippen molar-refractivity contribution in [3.05, 3.63) is 59.2 Å². The van der Waals surface area contributed by atoms with Crippen LogP contribution in [0.2, 0.25) is 0 Å². The van der Waals surface area contributed by atoms with Gasteiger partial charge in [-0.2, -0.15) is 0 Å². The van der Waals surface area contributed by atoms with E-state index in [0.29, 0.717) is 12.0 Å². The Bertz CT molecular complexity index is 945. The molecule has 2 amide bonds. The highest BCUT2D eigenvalue weighted by Gasteiger charge is 2.14. The van der Waals surface area contributed by atoms with Crippen LogP contribution in [0.5, 0.6) is 0 Å². The average Bonchev–Trinajstić information content (AvgIpc) is 2.88. The first-order valence-electron chi connectivity index (χ1n) is 13.5. The summed E-state index contributed by atoms with van der Waals surface area (Å²) in [4.78, 5) is 27.6. The van der Waals surface area contributed by atoms with Crippen LogP contribution in [0.25, 0.3) is 0 Å². The maximum Gasteiger partial charge on any atom is 0.255 e. The van der Waals surface area contributed by atoms with Gasteiger partial charge in [0.2, 0.25) is 5.91 Å². The molecule has 5 nitrogen and oxygen atoms in total. The molecule has 190 valence electrons. The maximum absolute atomic E-state index is 12.8. The van der Waals surface area contributed by atoms with Crippen molar-refractivity contribution in [2.45, 2.75) is 85.1 Å². The van der Waals surface area contributed by atoms with Crippen LogP contribution >= 0.6 is 0 Å². The van der Waals surface area contributed by atoms with Gasteiger partial charge in [0.25, 0.3) is 5.91 Å². The van der Waals surface area contributed by atoms with Crippen LogP contribution in [0, 0.1) is 12.8 Å². The zero-order chi connectivity index (χ0) is 25.0. The molecule has 0 unspecified atom stereocenters. The van der Waals surface area contributed by atoms with Crippen LogP contribution in [-0.2, 0) is 11.3 Å². The lowest BCUT2D eigenvalue weighted by molar-refractivity contribution is -0.116. The molecule has 0 bridgehead atoms. The number of carbonyl (C=O) groups excluding carboxylic acids is 2. The average molecular weight is 478 g/mol. The van der Waals surface area contributed by atoms with E-state index in [4.69, 9.17) is 0 Å². The zero-order valence-electron chi connectivity index (χ0n) is 21.9. The van der Waals surface area contributed by atoms with Gasteiger partial charge < -0.3 is 10.6 Å². The van der Waals surface area contributed by atoms with Gasteiger partial charge in [-0.15, -0.1) is 0 Å². The lowest BCUT2D eigenvalue weighted by Crippen LogP contribution is -2.22. The molecule has 2 aromatic carbocycles. The normalized spacial score (nSPS) is 14.2. The first-order chi connectivity index (χ1) is 17.0. The molecule has 0 aliphatic heterocycles. The van der Waals surface area contributed by atoms with Gasteiger partial charge in [-0.1, -0.05) is 77.0 Å². The number of amides is 2. The molecule has 2 N–H and O–H groups in total. The molecule has 0 spiro atoms. The Morgan fingerprint density at radius 1 is 0.914 bits per heavy atom. The second-order valence-corrected chi connectivity index (χ2v) is 9.94. The number of nitrogens with one attached hydrogen (secondary N) is 2. The van der Waals surface area contributed by atoms with Crippen molar-refractivity contribution in [3.8, 4) is 0 Å². The smallest absolute Gasteiger partial charge is 0.255 e. The van der Waals surface area contributed by atoms with E-state index in [-0.39, 0.29) is 11.8 Å². The lowest BCUT2D eigenvalue weighted by Gasteiger charge is -2.21. The molecule has 0 radical (unpaired) electrons. The Morgan fingerprint density at radius 3 is 2.31 bits per heavy atom. The fourth-order valence-corrected chi connectivity index (χ4v) is 4.91. The van der Waals surface area contributed by atoms with E-state index in [1.54, 1.807) is 0 Å². The summed E-state index contributed by atoms with van der Waals surface area (Å²) in [6, 6.07) is 13.5. The van der Waals surface area contributed by atoms with Gasteiger partial charge in [0.15, 0.2) is 0 Å². The van der Waals surface area contributed by atoms with E-state index in [0.717, 1.165) is 55.3 Å². The standard InChI is InChI=1S/C30H43N3O2/c1-4-33(5-2)22-25-16-18-26(19-17-25)30(35)32-28-21-27(20-15-23(28)3)31-29(34)14-10-9-13-24-11-7-6-8-12-24/h15-21,24H,4-14,22H2,1-3H3,(H,31,34)(H,32,35). The summed E-state index contributed by atoms with van der Waals surface area (Å²) in [5.41, 5.74) is 4.22. The Kier molecular flexibility index (Phi) is 10.8. The van der Waals surface area contributed by atoms with E-state index >= 15 is 0 Å². The van der Waals surface area contributed by atoms with Crippen LogP contribution in [0.3, 0.4) is 0 Å². The van der Waals surface area contributed by atoms with Crippen molar-refractivity contribution in [2.24, 2.45) is 5.92 Å². The van der Waals surface area contributed by atoms with Gasteiger partial charge in [0.05, 0.1) is 0 Å². The third kappa shape index (κ3) is 8.81.